The number of carboxylic acids is 1. The zero-order valence-electron chi connectivity index (χ0n) is 26.7. The number of aromatic nitrogens is 2. The van der Waals surface area contributed by atoms with E-state index in [1.54, 1.807) is 26.2 Å². The van der Waals surface area contributed by atoms with Crippen LogP contribution in [0.3, 0.4) is 0 Å². The molecule has 3 aromatic rings. The Morgan fingerprint density at radius 2 is 1.78 bits per heavy atom. The first-order valence-electron chi connectivity index (χ1n) is 15.9. The molecule has 3 fully saturated rings. The van der Waals surface area contributed by atoms with E-state index >= 15 is 0 Å². The average molecular weight is 632 g/mol. The summed E-state index contributed by atoms with van der Waals surface area (Å²) in [5.74, 6) is 0.530. The summed E-state index contributed by atoms with van der Waals surface area (Å²) >= 11 is 0. The van der Waals surface area contributed by atoms with Crippen molar-refractivity contribution in [3.63, 3.8) is 0 Å². The fourth-order valence-electron chi connectivity index (χ4n) is 6.82. The number of nitrogens with zero attached hydrogens (tertiary/aromatic N) is 4. The first-order chi connectivity index (χ1) is 22.1. The molecule has 244 valence electrons. The Kier molecular flexibility index (Phi) is 8.63. The topological polar surface area (TPSA) is 143 Å². The van der Waals surface area contributed by atoms with E-state index in [-0.39, 0.29) is 24.9 Å². The van der Waals surface area contributed by atoms with Gasteiger partial charge in [-0.2, -0.15) is 4.98 Å². The van der Waals surface area contributed by atoms with Crippen molar-refractivity contribution in [3.05, 3.63) is 42.0 Å². The van der Waals surface area contributed by atoms with Crippen LogP contribution in [0.2, 0.25) is 0 Å². The summed E-state index contributed by atoms with van der Waals surface area (Å²) in [6, 6.07) is 9.89. The maximum Gasteiger partial charge on any atom is 0.329 e. The second kappa shape index (κ2) is 12.6. The summed E-state index contributed by atoms with van der Waals surface area (Å²) < 4.78 is 17.4. The largest absolute Gasteiger partial charge is 0.497 e. The van der Waals surface area contributed by atoms with E-state index in [2.05, 4.69) is 5.32 Å². The summed E-state index contributed by atoms with van der Waals surface area (Å²) in [5, 5.41) is 13.6. The van der Waals surface area contributed by atoms with Crippen molar-refractivity contribution in [1.82, 2.24) is 25.1 Å². The van der Waals surface area contributed by atoms with Gasteiger partial charge in [0.25, 0.3) is 0 Å². The highest BCUT2D eigenvalue weighted by Gasteiger charge is 2.62. The first-order valence-corrected chi connectivity index (χ1v) is 15.9. The predicted octanol–water partition coefficient (Wildman–Crippen LogP) is 4.42. The highest BCUT2D eigenvalue weighted by molar-refractivity contribution is 5.94. The van der Waals surface area contributed by atoms with Crippen LogP contribution in [0.25, 0.3) is 22.3 Å². The molecule has 2 saturated heterocycles. The molecular weight excluding hydrogens is 590 g/mol. The van der Waals surface area contributed by atoms with Crippen LogP contribution >= 0.6 is 0 Å². The fourth-order valence-corrected chi connectivity index (χ4v) is 6.82. The van der Waals surface area contributed by atoms with Crippen LogP contribution in [0.15, 0.2) is 36.4 Å². The summed E-state index contributed by atoms with van der Waals surface area (Å²) in [6.07, 6.45) is 4.41. The summed E-state index contributed by atoms with van der Waals surface area (Å²) in [6.45, 7) is 2.63. The molecule has 12 nitrogen and oxygen atoms in total. The Hall–Kier alpha value is -4.61. The van der Waals surface area contributed by atoms with Crippen molar-refractivity contribution < 1.29 is 33.7 Å². The minimum Gasteiger partial charge on any atom is -0.497 e. The van der Waals surface area contributed by atoms with Crippen LogP contribution in [-0.2, 0) is 9.59 Å². The van der Waals surface area contributed by atoms with E-state index < -0.39 is 29.6 Å². The van der Waals surface area contributed by atoms with Gasteiger partial charge in [-0.1, -0.05) is 19.3 Å². The Labute approximate surface area is 268 Å². The molecule has 4 atom stereocenters. The zero-order chi connectivity index (χ0) is 32.6. The lowest BCUT2D eigenvalue weighted by Crippen LogP contribution is -2.54. The fraction of sp³-hybridized carbons (Fsp3) is 0.500. The molecule has 3 amide bonds. The van der Waals surface area contributed by atoms with E-state index in [1.807, 2.05) is 43.3 Å². The SMILES string of the molecule is COc1ccc(-c2nc(O[C@@H]3C[C@H]4C(=O)N[C@]5(C(=O)O)C[C@H]5CCCCCCN(C)C(=O)N4C3)c3ccc(OC)c(C)c3n2)cc1. The highest BCUT2D eigenvalue weighted by Crippen LogP contribution is 2.47. The number of aryl methyl sites for hydroxylation is 1. The van der Waals surface area contributed by atoms with Crippen molar-refractivity contribution in [1.29, 1.82) is 0 Å². The number of nitrogens with one attached hydrogen (secondary N) is 1. The number of hydrogen-bond donors (Lipinski definition) is 2. The van der Waals surface area contributed by atoms with E-state index in [9.17, 15) is 19.5 Å². The van der Waals surface area contributed by atoms with Crippen LogP contribution in [0.4, 0.5) is 4.79 Å². The van der Waals surface area contributed by atoms with Crippen molar-refractivity contribution in [2.24, 2.45) is 5.92 Å². The number of carbonyl (C=O) groups excluding carboxylic acids is 2. The quantitative estimate of drug-likeness (QED) is 0.404. The van der Waals surface area contributed by atoms with Gasteiger partial charge in [-0.05, 0) is 68.5 Å². The number of carbonyl (C=O) groups is 3. The van der Waals surface area contributed by atoms with Gasteiger partial charge in [0.15, 0.2) is 5.82 Å². The van der Waals surface area contributed by atoms with Gasteiger partial charge in [-0.25, -0.2) is 14.6 Å². The second-order valence-electron chi connectivity index (χ2n) is 12.6. The van der Waals surface area contributed by atoms with Crippen LogP contribution in [0, 0.1) is 12.8 Å². The van der Waals surface area contributed by atoms with Gasteiger partial charge in [-0.15, -0.1) is 0 Å². The van der Waals surface area contributed by atoms with E-state index in [1.165, 1.54) is 4.90 Å². The van der Waals surface area contributed by atoms with E-state index in [4.69, 9.17) is 24.2 Å². The lowest BCUT2D eigenvalue weighted by molar-refractivity contribution is -0.144. The van der Waals surface area contributed by atoms with Gasteiger partial charge >= 0.3 is 12.0 Å². The number of ether oxygens (including phenoxy) is 3. The monoisotopic (exact) mass is 631 g/mol. The average Bonchev–Trinajstić information content (AvgIpc) is 3.59. The van der Waals surface area contributed by atoms with Crippen molar-refractivity contribution >= 4 is 28.8 Å². The molecule has 2 N–H and O–H groups in total. The Morgan fingerprint density at radius 1 is 1.02 bits per heavy atom. The minimum absolute atomic E-state index is 0.110. The van der Waals surface area contributed by atoms with Gasteiger partial charge in [0.1, 0.15) is 29.2 Å². The van der Waals surface area contributed by atoms with E-state index in [0.29, 0.717) is 47.1 Å². The molecule has 3 heterocycles. The van der Waals surface area contributed by atoms with Gasteiger partial charge in [0, 0.05) is 31.1 Å². The molecule has 1 aliphatic carbocycles. The molecule has 0 unspecified atom stereocenters. The summed E-state index contributed by atoms with van der Waals surface area (Å²) in [7, 11) is 4.94. The molecule has 2 aliphatic heterocycles. The minimum atomic E-state index is -1.28. The summed E-state index contributed by atoms with van der Waals surface area (Å²) in [5.41, 5.74) is 0.948. The van der Waals surface area contributed by atoms with Gasteiger partial charge in [-0.3, -0.25) is 4.79 Å². The number of urea groups is 1. The number of fused-ring (bicyclic) bond motifs is 3. The number of carboxylic acid groups (broad SMARTS) is 1. The third-order valence-corrected chi connectivity index (χ3v) is 9.65. The molecule has 2 aromatic carbocycles. The Morgan fingerprint density at radius 3 is 2.50 bits per heavy atom. The maximum absolute atomic E-state index is 13.8. The molecule has 0 radical (unpaired) electrons. The lowest BCUT2D eigenvalue weighted by Gasteiger charge is -2.30. The molecule has 0 bridgehead atoms. The van der Waals surface area contributed by atoms with Crippen molar-refractivity contribution in [2.45, 2.75) is 69.6 Å². The predicted molar refractivity (Wildman–Crippen MR) is 170 cm³/mol. The molecule has 6 rings (SSSR count). The number of hydrogen-bond acceptors (Lipinski definition) is 8. The van der Waals surface area contributed by atoms with Gasteiger partial charge in [0.2, 0.25) is 11.8 Å². The highest BCUT2D eigenvalue weighted by atomic mass is 16.5. The van der Waals surface area contributed by atoms with E-state index in [0.717, 1.165) is 43.2 Å². The standard InChI is InChI=1S/C34H41N5O7/c1-20-27(45-4)15-14-25-28(20)35-29(21-10-12-23(44-3)13-11-21)36-31(25)46-24-17-26-30(40)37-34(32(41)42)18-22(34)9-7-5-6-8-16-38(2)33(43)39(26)19-24/h10-15,22,24,26H,5-9,16-19H2,1-4H3,(H,37,40)(H,41,42)/t22-,24-,26+,34-/m1/s1. The Bertz CT molecular complexity index is 1650. The van der Waals surface area contributed by atoms with Crippen molar-refractivity contribution in [2.75, 3.05) is 34.4 Å². The third kappa shape index (κ3) is 5.88. The third-order valence-electron chi connectivity index (χ3n) is 9.65. The number of aliphatic carboxylic acids is 1. The van der Waals surface area contributed by atoms with Crippen LogP contribution in [0.5, 0.6) is 17.4 Å². The van der Waals surface area contributed by atoms with Crippen LogP contribution in [0.1, 0.15) is 50.5 Å². The second-order valence-corrected chi connectivity index (χ2v) is 12.6. The summed E-state index contributed by atoms with van der Waals surface area (Å²) in [4.78, 5) is 52.7. The van der Waals surface area contributed by atoms with Gasteiger partial charge in [0.05, 0.1) is 31.7 Å². The molecule has 0 spiro atoms. The zero-order valence-corrected chi connectivity index (χ0v) is 26.7. The normalized spacial score (nSPS) is 25.3. The first kappa shape index (κ1) is 31.4. The molecule has 1 aromatic heterocycles. The molecule has 46 heavy (non-hydrogen) atoms. The molecular formula is C34H41N5O7. The number of methoxy groups -OCH3 is 2. The molecule has 12 heteroatoms. The van der Waals surface area contributed by atoms with Gasteiger partial charge < -0.3 is 34.4 Å². The van der Waals surface area contributed by atoms with Crippen LogP contribution in [-0.4, -0.2) is 94.8 Å². The molecule has 1 saturated carbocycles. The Balaban J connectivity index is 1.34. The number of rotatable bonds is 6. The number of benzene rings is 2. The smallest absolute Gasteiger partial charge is 0.329 e. The lowest BCUT2D eigenvalue weighted by atomic mass is 10.0. The van der Waals surface area contributed by atoms with Crippen LogP contribution < -0.4 is 19.5 Å². The van der Waals surface area contributed by atoms with Crippen molar-refractivity contribution in [3.8, 4) is 28.8 Å². The maximum atomic E-state index is 13.8. The number of amides is 3. The molecule has 3 aliphatic rings.